The van der Waals surface area contributed by atoms with Gasteiger partial charge in [-0.15, -0.1) is 0 Å². The molecule has 7 nitrogen and oxygen atoms in total. The third kappa shape index (κ3) is 3.16. The van der Waals surface area contributed by atoms with Crippen LogP contribution in [-0.2, 0) is 11.2 Å². The predicted octanol–water partition coefficient (Wildman–Crippen LogP) is 2.76. The quantitative estimate of drug-likeness (QED) is 0.758. The number of hydrogen-bond donors (Lipinski definition) is 1. The fraction of sp³-hybridized carbons (Fsp3) is 0.421. The molecule has 1 unspecified atom stereocenters. The Morgan fingerprint density at radius 2 is 2.19 bits per heavy atom. The second-order valence-electron chi connectivity index (χ2n) is 6.74. The minimum atomic E-state index is -0.0242. The highest BCUT2D eigenvalue weighted by Crippen LogP contribution is 2.28. The Balaban J connectivity index is 1.40. The average Bonchev–Trinajstić information content (AvgIpc) is 3.34. The number of oxazole rings is 1. The first-order valence-electron chi connectivity index (χ1n) is 8.92. The van der Waals surface area contributed by atoms with Gasteiger partial charge >= 0.3 is 0 Å². The number of rotatable bonds is 5. The first-order chi connectivity index (χ1) is 12.6. The van der Waals surface area contributed by atoms with Crippen LogP contribution in [0.1, 0.15) is 29.9 Å². The van der Waals surface area contributed by atoms with Crippen molar-refractivity contribution >= 4 is 23.0 Å². The molecule has 0 radical (unpaired) electrons. The van der Waals surface area contributed by atoms with Gasteiger partial charge in [-0.3, -0.25) is 4.79 Å². The lowest BCUT2D eigenvalue weighted by Gasteiger charge is -2.23. The Kier molecular flexibility index (Phi) is 4.36. The monoisotopic (exact) mass is 354 g/mol. The second kappa shape index (κ2) is 6.82. The fourth-order valence-electron chi connectivity index (χ4n) is 3.49. The fourth-order valence-corrected chi connectivity index (χ4v) is 3.49. The third-order valence-electron chi connectivity index (χ3n) is 4.96. The number of amides is 1. The van der Waals surface area contributed by atoms with E-state index in [0.717, 1.165) is 41.7 Å². The number of nitrogens with zero attached hydrogens (tertiary/aromatic N) is 3. The summed E-state index contributed by atoms with van der Waals surface area (Å²) in [6.07, 6.45) is 2.35. The third-order valence-corrected chi connectivity index (χ3v) is 4.96. The molecule has 0 spiro atoms. The van der Waals surface area contributed by atoms with Crippen molar-refractivity contribution in [2.24, 2.45) is 0 Å². The summed E-state index contributed by atoms with van der Waals surface area (Å²) in [4.78, 5) is 19.0. The van der Waals surface area contributed by atoms with Gasteiger partial charge in [0.25, 0.3) is 6.01 Å². The van der Waals surface area contributed by atoms with E-state index >= 15 is 0 Å². The number of anilines is 1. The van der Waals surface area contributed by atoms with Crippen LogP contribution < -0.4 is 10.2 Å². The lowest BCUT2D eigenvalue weighted by Crippen LogP contribution is -2.41. The van der Waals surface area contributed by atoms with E-state index in [0.29, 0.717) is 18.3 Å². The van der Waals surface area contributed by atoms with E-state index < -0.39 is 0 Å². The van der Waals surface area contributed by atoms with Gasteiger partial charge in [0.15, 0.2) is 5.58 Å². The highest BCUT2D eigenvalue weighted by Gasteiger charge is 2.28. The predicted molar refractivity (Wildman–Crippen MR) is 97.1 cm³/mol. The Morgan fingerprint density at radius 1 is 1.35 bits per heavy atom. The van der Waals surface area contributed by atoms with E-state index in [2.05, 4.69) is 20.4 Å². The molecule has 1 amide bonds. The van der Waals surface area contributed by atoms with Crippen LogP contribution in [0.5, 0.6) is 0 Å². The van der Waals surface area contributed by atoms with Crippen molar-refractivity contribution in [2.75, 3.05) is 18.0 Å². The molecule has 0 saturated carbocycles. The van der Waals surface area contributed by atoms with E-state index in [1.54, 1.807) is 0 Å². The summed E-state index contributed by atoms with van der Waals surface area (Å²) in [5, 5.41) is 6.93. The summed E-state index contributed by atoms with van der Waals surface area (Å²) in [6.45, 7) is 5.14. The number of nitrogens with one attached hydrogen (secondary N) is 1. The largest absolute Gasteiger partial charge is 0.423 e. The standard InChI is InChI=1S/C19H22N4O3/c1-12-15(13(2)26-22-12)10-18(24)20-11-14-6-5-9-23(14)19-21-16-7-3-4-8-17(16)25-19/h3-4,7-8,14H,5-6,9-11H2,1-2H3,(H,20,24). The van der Waals surface area contributed by atoms with E-state index in [4.69, 9.17) is 8.94 Å². The molecule has 3 aromatic rings. The SMILES string of the molecule is Cc1noc(C)c1CC(=O)NCC1CCCN1c1nc2ccccc2o1. The second-order valence-corrected chi connectivity index (χ2v) is 6.74. The van der Waals surface area contributed by atoms with Crippen LogP contribution in [0.25, 0.3) is 11.1 Å². The molecular weight excluding hydrogens is 332 g/mol. The summed E-state index contributed by atoms with van der Waals surface area (Å²) >= 11 is 0. The number of hydrogen-bond acceptors (Lipinski definition) is 6. The smallest absolute Gasteiger partial charge is 0.298 e. The van der Waals surface area contributed by atoms with Gasteiger partial charge in [-0.25, -0.2) is 0 Å². The molecule has 26 heavy (non-hydrogen) atoms. The van der Waals surface area contributed by atoms with Gasteiger partial charge in [0.2, 0.25) is 5.91 Å². The molecule has 1 aromatic carbocycles. The van der Waals surface area contributed by atoms with Gasteiger partial charge < -0.3 is 19.2 Å². The minimum Gasteiger partial charge on any atom is -0.423 e. The Labute approximate surface area is 151 Å². The van der Waals surface area contributed by atoms with Crippen molar-refractivity contribution in [3.8, 4) is 0 Å². The maximum Gasteiger partial charge on any atom is 0.298 e. The normalized spacial score (nSPS) is 17.2. The van der Waals surface area contributed by atoms with Crippen molar-refractivity contribution in [1.82, 2.24) is 15.5 Å². The van der Waals surface area contributed by atoms with Gasteiger partial charge in [0, 0.05) is 18.7 Å². The van der Waals surface area contributed by atoms with Crippen molar-refractivity contribution in [2.45, 2.75) is 39.2 Å². The number of fused-ring (bicyclic) bond motifs is 1. The molecule has 136 valence electrons. The van der Waals surface area contributed by atoms with Gasteiger partial charge in [-0.05, 0) is 38.8 Å². The number of carbonyl (C=O) groups excluding carboxylic acids is 1. The van der Waals surface area contributed by atoms with Crippen molar-refractivity contribution < 1.29 is 13.7 Å². The molecule has 7 heteroatoms. The van der Waals surface area contributed by atoms with Crippen LogP contribution in [-0.4, -0.2) is 35.2 Å². The van der Waals surface area contributed by atoms with Crippen molar-refractivity contribution in [3.63, 3.8) is 0 Å². The highest BCUT2D eigenvalue weighted by molar-refractivity contribution is 5.79. The molecule has 1 fully saturated rings. The maximum absolute atomic E-state index is 12.3. The zero-order chi connectivity index (χ0) is 18.1. The van der Waals surface area contributed by atoms with Gasteiger partial charge in [0.1, 0.15) is 11.3 Å². The summed E-state index contributed by atoms with van der Waals surface area (Å²) in [5.41, 5.74) is 3.28. The zero-order valence-corrected chi connectivity index (χ0v) is 15.0. The zero-order valence-electron chi connectivity index (χ0n) is 15.0. The highest BCUT2D eigenvalue weighted by atomic mass is 16.5. The first-order valence-corrected chi connectivity index (χ1v) is 8.92. The summed E-state index contributed by atoms with van der Waals surface area (Å²) in [6, 6.07) is 8.57. The molecule has 3 heterocycles. The Bertz CT molecular complexity index is 877. The molecule has 1 aliphatic heterocycles. The Morgan fingerprint density at radius 3 is 2.96 bits per heavy atom. The summed E-state index contributed by atoms with van der Waals surface area (Å²) < 4.78 is 11.0. The van der Waals surface area contributed by atoms with Crippen LogP contribution in [0.2, 0.25) is 0 Å². The van der Waals surface area contributed by atoms with Gasteiger partial charge in [0.05, 0.1) is 18.2 Å². The topological polar surface area (TPSA) is 84.4 Å². The summed E-state index contributed by atoms with van der Waals surface area (Å²) in [7, 11) is 0. The number of para-hydroxylation sites is 2. The van der Waals surface area contributed by atoms with Crippen LogP contribution >= 0.6 is 0 Å². The Hall–Kier alpha value is -2.83. The first kappa shape index (κ1) is 16.6. The lowest BCUT2D eigenvalue weighted by atomic mass is 10.1. The molecule has 1 N–H and O–H groups in total. The molecule has 0 bridgehead atoms. The number of aromatic nitrogens is 2. The lowest BCUT2D eigenvalue weighted by molar-refractivity contribution is -0.120. The maximum atomic E-state index is 12.3. The van der Waals surface area contributed by atoms with E-state index in [1.165, 1.54) is 0 Å². The molecule has 2 aromatic heterocycles. The van der Waals surface area contributed by atoms with Crippen LogP contribution in [0.4, 0.5) is 6.01 Å². The van der Waals surface area contributed by atoms with E-state index in [9.17, 15) is 4.79 Å². The van der Waals surface area contributed by atoms with Crippen LogP contribution in [0.3, 0.4) is 0 Å². The molecule has 1 atom stereocenters. The molecule has 4 rings (SSSR count). The number of carbonyl (C=O) groups is 1. The van der Waals surface area contributed by atoms with Crippen LogP contribution in [0, 0.1) is 13.8 Å². The minimum absolute atomic E-state index is 0.0242. The average molecular weight is 354 g/mol. The number of benzene rings is 1. The van der Waals surface area contributed by atoms with Crippen molar-refractivity contribution in [3.05, 3.63) is 41.3 Å². The molecule has 1 saturated heterocycles. The van der Waals surface area contributed by atoms with Gasteiger partial charge in [-0.1, -0.05) is 17.3 Å². The van der Waals surface area contributed by atoms with E-state index in [1.807, 2.05) is 38.1 Å². The van der Waals surface area contributed by atoms with E-state index in [-0.39, 0.29) is 18.4 Å². The number of aryl methyl sites for hydroxylation is 2. The van der Waals surface area contributed by atoms with Gasteiger partial charge in [-0.2, -0.15) is 4.98 Å². The van der Waals surface area contributed by atoms with Crippen LogP contribution in [0.15, 0.2) is 33.2 Å². The molecule has 0 aliphatic carbocycles. The molecule has 1 aliphatic rings. The molecular formula is C19H22N4O3. The summed E-state index contributed by atoms with van der Waals surface area (Å²) in [5.74, 6) is 0.676. The van der Waals surface area contributed by atoms with Crippen molar-refractivity contribution in [1.29, 1.82) is 0 Å².